The minimum absolute atomic E-state index is 0. The molecule has 0 spiro atoms. The summed E-state index contributed by atoms with van der Waals surface area (Å²) in [5.74, 6) is 1.81. The maximum atomic E-state index is 10.2. The molecule has 6 nitrogen and oxygen atoms in total. The van der Waals surface area contributed by atoms with Crippen LogP contribution in [0.15, 0.2) is 12.2 Å². The highest BCUT2D eigenvalue weighted by molar-refractivity contribution is 5.60. The normalized spacial score (nSPS) is 39.0. The molecule has 0 aromatic carbocycles. The van der Waals surface area contributed by atoms with E-state index in [4.69, 9.17) is 9.90 Å². The fourth-order valence-electron chi connectivity index (χ4n) is 7.01. The Bertz CT molecular complexity index is 621. The maximum absolute atomic E-state index is 10.2. The van der Waals surface area contributed by atoms with Crippen molar-refractivity contribution < 1.29 is 20.1 Å². The first-order valence-electron chi connectivity index (χ1n) is 12.3. The molecule has 0 aromatic heterocycles. The van der Waals surface area contributed by atoms with E-state index in [-0.39, 0.29) is 30.2 Å². The van der Waals surface area contributed by atoms with Crippen molar-refractivity contribution in [2.24, 2.45) is 40.4 Å². The Hall–Kier alpha value is -0.950. The van der Waals surface area contributed by atoms with E-state index in [1.807, 2.05) is 0 Å². The number of allylic oxidation sites excluding steroid dienone is 1. The summed E-state index contributed by atoms with van der Waals surface area (Å²) in [7, 11) is 0. The third kappa shape index (κ3) is 6.34. The van der Waals surface area contributed by atoms with Gasteiger partial charge in [0.25, 0.3) is 0 Å². The highest BCUT2D eigenvalue weighted by atomic mass is 16.4. The molecule has 3 aliphatic carbocycles. The summed E-state index contributed by atoms with van der Waals surface area (Å²) in [6.07, 6.45) is 7.44. The topological polar surface area (TPSA) is 129 Å². The molecule has 0 radical (unpaired) electrons. The Labute approximate surface area is 195 Å². The van der Waals surface area contributed by atoms with Crippen LogP contribution in [0.4, 0.5) is 0 Å². The number of rotatable bonds is 6. The highest BCUT2D eigenvalue weighted by Crippen LogP contribution is 2.63. The van der Waals surface area contributed by atoms with Crippen LogP contribution in [0.2, 0.25) is 0 Å². The van der Waals surface area contributed by atoms with Crippen LogP contribution < -0.4 is 16.6 Å². The van der Waals surface area contributed by atoms with Crippen LogP contribution in [0.25, 0.3) is 0 Å². The summed E-state index contributed by atoms with van der Waals surface area (Å²) in [5.41, 5.74) is 1.92. The lowest BCUT2D eigenvalue weighted by Crippen LogP contribution is -2.53. The molecule has 0 heterocycles. The second-order valence-electron chi connectivity index (χ2n) is 11.3. The predicted octanol–water partition coefficient (Wildman–Crippen LogP) is 3.52. The van der Waals surface area contributed by atoms with Crippen molar-refractivity contribution in [1.82, 2.24) is 11.5 Å². The average Bonchev–Trinajstić information content (AvgIpc) is 2.98. The number of hydrogen-bond donors (Lipinski definition) is 4. The first kappa shape index (κ1) is 29.1. The fourth-order valence-corrected chi connectivity index (χ4v) is 7.01. The molecule has 0 bridgehead atoms. The maximum Gasteiger partial charge on any atom is 0.0544 e. The van der Waals surface area contributed by atoms with Gasteiger partial charge in [-0.15, -0.1) is 0 Å². The molecule has 7 atom stereocenters. The lowest BCUT2D eigenvalue weighted by molar-refractivity contribution is -0.302. The van der Waals surface area contributed by atoms with Gasteiger partial charge >= 0.3 is 0 Å². The summed E-state index contributed by atoms with van der Waals surface area (Å²) in [4.78, 5) is 8.89. The van der Waals surface area contributed by atoms with Gasteiger partial charge < -0.3 is 31.6 Å². The van der Waals surface area contributed by atoms with E-state index in [1.165, 1.54) is 31.3 Å². The van der Waals surface area contributed by atoms with E-state index < -0.39 is 5.97 Å². The first-order valence-corrected chi connectivity index (χ1v) is 12.3. The number of carboxylic acids is 1. The number of aliphatic carboxylic acids is 1. The van der Waals surface area contributed by atoms with Gasteiger partial charge in [-0.3, -0.25) is 0 Å². The molecule has 0 aliphatic heterocycles. The molecule has 0 saturated heterocycles. The van der Waals surface area contributed by atoms with Gasteiger partial charge in [0, 0.05) is 12.6 Å². The van der Waals surface area contributed by atoms with E-state index in [0.29, 0.717) is 29.1 Å². The monoisotopic (exact) mass is 454 g/mol. The van der Waals surface area contributed by atoms with Gasteiger partial charge in [0.2, 0.25) is 0 Å². The largest absolute Gasteiger partial charge is 0.550 e. The first-order chi connectivity index (χ1) is 14.5. The second-order valence-corrected chi connectivity index (χ2v) is 11.3. The van der Waals surface area contributed by atoms with Gasteiger partial charge in [0.15, 0.2) is 0 Å². The molecule has 2 unspecified atom stereocenters. The number of nitrogens with one attached hydrogen (secondary N) is 1. The molecule has 0 aromatic rings. The molecule has 6 heteroatoms. The molecule has 3 fully saturated rings. The van der Waals surface area contributed by atoms with Crippen LogP contribution >= 0.6 is 0 Å². The number of aliphatic hydroxyl groups excluding tert-OH is 2. The molecule has 7 N–H and O–H groups in total. The Morgan fingerprint density at radius 3 is 2.41 bits per heavy atom. The Balaban J connectivity index is 0.000000945. The number of carbonyl (C=O) groups excluding carboxylic acids is 1. The zero-order valence-corrected chi connectivity index (χ0v) is 21.5. The highest BCUT2D eigenvalue weighted by Gasteiger charge is 2.56. The van der Waals surface area contributed by atoms with Crippen LogP contribution in [-0.2, 0) is 4.79 Å². The SMILES string of the molecule is C=C1CCC2[C@@H](CNCC(C)C)C([C@@]3(C)CC[C@H](O)C[C@@H]3CO)CC[C@@]12C.CC(=O)[O-].[NH4+]. The van der Waals surface area contributed by atoms with Crippen LogP contribution in [0.3, 0.4) is 0 Å². The van der Waals surface area contributed by atoms with Gasteiger partial charge in [0.05, 0.1) is 6.10 Å². The summed E-state index contributed by atoms with van der Waals surface area (Å²) in [6.45, 7) is 17.2. The molecular weight excluding hydrogens is 404 g/mol. The van der Waals surface area contributed by atoms with Gasteiger partial charge in [-0.1, -0.05) is 39.8 Å². The number of quaternary nitrogens is 1. The molecule has 0 amide bonds. The number of fused-ring (bicyclic) bond motifs is 1. The van der Waals surface area contributed by atoms with Gasteiger partial charge in [-0.25, -0.2) is 0 Å². The van der Waals surface area contributed by atoms with Crippen molar-refractivity contribution in [2.75, 3.05) is 19.7 Å². The smallest absolute Gasteiger partial charge is 0.0544 e. The summed E-state index contributed by atoms with van der Waals surface area (Å²) >= 11 is 0. The lowest BCUT2D eigenvalue weighted by atomic mass is 9.49. The van der Waals surface area contributed by atoms with Crippen LogP contribution in [0.1, 0.15) is 79.6 Å². The fraction of sp³-hybridized carbons (Fsp3) is 0.885. The third-order valence-corrected chi connectivity index (χ3v) is 8.90. The van der Waals surface area contributed by atoms with E-state index in [2.05, 4.69) is 39.6 Å². The quantitative estimate of drug-likeness (QED) is 0.456. The summed E-state index contributed by atoms with van der Waals surface area (Å²) in [6, 6.07) is 0. The van der Waals surface area contributed by atoms with Crippen LogP contribution in [0.5, 0.6) is 0 Å². The number of hydrogen-bond acceptors (Lipinski definition) is 5. The van der Waals surface area contributed by atoms with Crippen molar-refractivity contribution >= 4 is 5.97 Å². The average molecular weight is 455 g/mol. The second kappa shape index (κ2) is 12.0. The molecule has 3 aliphatic rings. The lowest BCUT2D eigenvalue weighted by Gasteiger charge is -2.56. The summed E-state index contributed by atoms with van der Waals surface area (Å²) in [5, 5.41) is 33.0. The Morgan fingerprint density at radius 1 is 1.22 bits per heavy atom. The van der Waals surface area contributed by atoms with Crippen molar-refractivity contribution in [2.45, 2.75) is 85.7 Å². The van der Waals surface area contributed by atoms with Crippen molar-refractivity contribution in [3.05, 3.63) is 12.2 Å². The molecule has 32 heavy (non-hydrogen) atoms. The third-order valence-electron chi connectivity index (χ3n) is 8.90. The van der Waals surface area contributed by atoms with Crippen molar-refractivity contribution in [3.63, 3.8) is 0 Å². The minimum Gasteiger partial charge on any atom is -0.550 e. The Kier molecular flexibility index (Phi) is 10.9. The zero-order valence-electron chi connectivity index (χ0n) is 21.5. The van der Waals surface area contributed by atoms with Crippen LogP contribution in [-0.4, -0.2) is 42.0 Å². The van der Waals surface area contributed by atoms with E-state index in [9.17, 15) is 10.2 Å². The van der Waals surface area contributed by atoms with Crippen molar-refractivity contribution in [3.8, 4) is 0 Å². The molecule has 188 valence electrons. The minimum atomic E-state index is -1.08. The number of carbonyl (C=O) groups is 1. The van der Waals surface area contributed by atoms with E-state index >= 15 is 0 Å². The van der Waals surface area contributed by atoms with Crippen molar-refractivity contribution in [1.29, 1.82) is 0 Å². The zero-order chi connectivity index (χ0) is 23.4. The molecule has 3 saturated carbocycles. The predicted molar refractivity (Wildman–Crippen MR) is 129 cm³/mol. The van der Waals surface area contributed by atoms with E-state index in [1.54, 1.807) is 0 Å². The van der Waals surface area contributed by atoms with Crippen LogP contribution in [0, 0.1) is 40.4 Å². The number of aliphatic hydroxyl groups is 2. The standard InChI is InChI=1S/C24H43NO2.C2H4O2.H3N/c1-16(2)13-25-14-20-21-7-6-17(3)23(21,4)11-9-22(20)24(5)10-8-19(27)12-18(24)15-26;1-2(3)4;/h16,18-22,25-27H,3,6-15H2,1-2,4-5H3;1H3,(H,3,4);1H3/t18-,19+,20-,21?,22?,23+,24+;;/m1../s1. The van der Waals surface area contributed by atoms with Gasteiger partial charge in [-0.2, -0.15) is 0 Å². The summed E-state index contributed by atoms with van der Waals surface area (Å²) < 4.78 is 0. The van der Waals surface area contributed by atoms with Gasteiger partial charge in [0.1, 0.15) is 0 Å². The molecular formula is C26H50N2O4. The number of carboxylic acid groups (broad SMARTS) is 1. The van der Waals surface area contributed by atoms with Gasteiger partial charge in [-0.05, 0) is 105 Å². The molecule has 3 rings (SSSR count). The van der Waals surface area contributed by atoms with E-state index in [0.717, 1.165) is 39.3 Å². The Morgan fingerprint density at radius 2 is 1.84 bits per heavy atom.